The monoisotopic (exact) mass is 440 g/mol. The quantitative estimate of drug-likeness (QED) is 0.580. The van der Waals surface area contributed by atoms with E-state index in [0.717, 1.165) is 12.5 Å². The van der Waals surface area contributed by atoms with Gasteiger partial charge in [0.25, 0.3) is 0 Å². The van der Waals surface area contributed by atoms with Crippen molar-refractivity contribution in [3.05, 3.63) is 30.0 Å². The standard InChI is InChI=1S/C18H17F5N8/c1-10-26-12(18(21,22)23)4-13(27-10)30-8-17(9-30)2-3-29(7-17)16-24-5-11-6-25-31(15(19)20)14(11)28-16/h4-6,15H,2-3,7-9H2,1H3. The summed E-state index contributed by atoms with van der Waals surface area (Å²) in [5.41, 5.74) is -1.04. The molecular formula is C18H17F5N8. The number of fused-ring (bicyclic) bond motifs is 1. The molecule has 0 amide bonds. The first kappa shape index (κ1) is 19.8. The Morgan fingerprint density at radius 3 is 2.48 bits per heavy atom. The third kappa shape index (κ3) is 3.41. The van der Waals surface area contributed by atoms with Gasteiger partial charge in [0.1, 0.15) is 17.3 Å². The molecule has 5 rings (SSSR count). The zero-order chi connectivity index (χ0) is 22.0. The number of aryl methyl sites for hydroxylation is 1. The SMILES string of the molecule is Cc1nc(N2CC3(CCN(c4ncc5cnn(C(F)F)c5n4)C3)C2)cc(C(F)(F)F)n1. The van der Waals surface area contributed by atoms with E-state index in [2.05, 4.69) is 25.0 Å². The van der Waals surface area contributed by atoms with Gasteiger partial charge in [0.15, 0.2) is 5.65 Å². The second-order valence-electron chi connectivity index (χ2n) is 8.00. The van der Waals surface area contributed by atoms with Crippen LogP contribution in [0.3, 0.4) is 0 Å². The summed E-state index contributed by atoms with van der Waals surface area (Å²) in [7, 11) is 0. The van der Waals surface area contributed by atoms with Crippen molar-refractivity contribution in [1.29, 1.82) is 0 Å². The van der Waals surface area contributed by atoms with Crippen LogP contribution in [0.25, 0.3) is 11.0 Å². The Kier molecular flexibility index (Phi) is 4.28. The number of halogens is 5. The molecule has 1 spiro atoms. The predicted octanol–water partition coefficient (Wildman–Crippen LogP) is 3.06. The minimum Gasteiger partial charge on any atom is -0.355 e. The molecule has 8 nitrogen and oxygen atoms in total. The summed E-state index contributed by atoms with van der Waals surface area (Å²) in [4.78, 5) is 19.9. The Labute approximate surface area is 172 Å². The van der Waals surface area contributed by atoms with Crippen LogP contribution in [0.2, 0.25) is 0 Å². The fraction of sp³-hybridized carbons (Fsp3) is 0.500. The molecule has 2 fully saturated rings. The summed E-state index contributed by atoms with van der Waals surface area (Å²) < 4.78 is 65.9. The van der Waals surface area contributed by atoms with Gasteiger partial charge in [0.2, 0.25) is 5.95 Å². The summed E-state index contributed by atoms with van der Waals surface area (Å²) >= 11 is 0. The highest BCUT2D eigenvalue weighted by Crippen LogP contribution is 2.43. The van der Waals surface area contributed by atoms with Crippen molar-refractivity contribution >= 4 is 22.8 Å². The van der Waals surface area contributed by atoms with Gasteiger partial charge in [0, 0.05) is 43.9 Å². The van der Waals surface area contributed by atoms with Crippen LogP contribution >= 0.6 is 0 Å². The van der Waals surface area contributed by atoms with Crippen LogP contribution in [-0.2, 0) is 6.18 Å². The summed E-state index contributed by atoms with van der Waals surface area (Å²) in [6.45, 7) is 0.905. The lowest BCUT2D eigenvalue weighted by molar-refractivity contribution is -0.141. The van der Waals surface area contributed by atoms with Gasteiger partial charge in [-0.15, -0.1) is 0 Å². The molecule has 5 heterocycles. The first-order valence-corrected chi connectivity index (χ1v) is 9.55. The molecule has 0 aromatic carbocycles. The molecule has 2 aliphatic rings. The second kappa shape index (κ2) is 6.69. The Morgan fingerprint density at radius 2 is 1.77 bits per heavy atom. The maximum Gasteiger partial charge on any atom is 0.433 e. The van der Waals surface area contributed by atoms with Gasteiger partial charge in [-0.3, -0.25) is 0 Å². The van der Waals surface area contributed by atoms with E-state index in [1.165, 1.54) is 19.3 Å². The lowest BCUT2D eigenvalue weighted by atomic mass is 9.79. The highest BCUT2D eigenvalue weighted by atomic mass is 19.4. The minimum absolute atomic E-state index is 0.0623. The normalized spacial score (nSPS) is 18.4. The number of rotatable bonds is 3. The van der Waals surface area contributed by atoms with Gasteiger partial charge in [-0.1, -0.05) is 0 Å². The van der Waals surface area contributed by atoms with E-state index in [1.54, 1.807) is 4.90 Å². The van der Waals surface area contributed by atoms with Gasteiger partial charge >= 0.3 is 12.7 Å². The molecule has 2 aliphatic heterocycles. The third-order valence-corrected chi connectivity index (χ3v) is 5.72. The average molecular weight is 440 g/mol. The van der Waals surface area contributed by atoms with E-state index < -0.39 is 18.4 Å². The molecule has 2 saturated heterocycles. The van der Waals surface area contributed by atoms with E-state index in [1.807, 2.05) is 4.90 Å². The first-order chi connectivity index (χ1) is 14.6. The Bertz CT molecular complexity index is 1140. The van der Waals surface area contributed by atoms with Crippen LogP contribution in [0.1, 0.15) is 24.5 Å². The van der Waals surface area contributed by atoms with Gasteiger partial charge in [-0.2, -0.15) is 36.7 Å². The summed E-state index contributed by atoms with van der Waals surface area (Å²) in [5.74, 6) is 0.654. The third-order valence-electron chi connectivity index (χ3n) is 5.72. The fourth-order valence-electron chi connectivity index (χ4n) is 4.27. The van der Waals surface area contributed by atoms with Crippen molar-refractivity contribution in [3.8, 4) is 0 Å². The second-order valence-corrected chi connectivity index (χ2v) is 8.00. The molecule has 31 heavy (non-hydrogen) atoms. The molecule has 3 aromatic rings. The summed E-state index contributed by atoms with van der Waals surface area (Å²) in [5, 5.41) is 4.06. The van der Waals surface area contributed by atoms with Crippen LogP contribution in [0.5, 0.6) is 0 Å². The molecule has 0 radical (unpaired) electrons. The first-order valence-electron chi connectivity index (χ1n) is 9.55. The van der Waals surface area contributed by atoms with Gasteiger partial charge in [-0.05, 0) is 13.3 Å². The van der Waals surface area contributed by atoms with Gasteiger partial charge in [0.05, 0.1) is 11.6 Å². The van der Waals surface area contributed by atoms with Crippen LogP contribution < -0.4 is 9.80 Å². The lowest BCUT2D eigenvalue weighted by Gasteiger charge is -2.48. The maximum absolute atomic E-state index is 13.1. The number of anilines is 2. The molecule has 164 valence electrons. The zero-order valence-electron chi connectivity index (χ0n) is 16.3. The van der Waals surface area contributed by atoms with E-state index in [-0.39, 0.29) is 22.7 Å². The zero-order valence-corrected chi connectivity index (χ0v) is 16.3. The van der Waals surface area contributed by atoms with Crippen molar-refractivity contribution in [2.75, 3.05) is 36.0 Å². The van der Waals surface area contributed by atoms with E-state index in [4.69, 9.17) is 0 Å². The molecule has 13 heteroatoms. The number of aromatic nitrogens is 6. The van der Waals surface area contributed by atoms with Crippen molar-refractivity contribution in [3.63, 3.8) is 0 Å². The molecule has 0 unspecified atom stereocenters. The Hall–Kier alpha value is -3.12. The molecule has 0 N–H and O–H groups in total. The smallest absolute Gasteiger partial charge is 0.355 e. The van der Waals surface area contributed by atoms with Crippen LogP contribution in [0.4, 0.5) is 33.7 Å². The number of alkyl halides is 5. The molecule has 0 bridgehead atoms. The summed E-state index contributed by atoms with van der Waals surface area (Å²) in [6.07, 6.45) is -0.992. The summed E-state index contributed by atoms with van der Waals surface area (Å²) in [6, 6.07) is 0.967. The highest BCUT2D eigenvalue weighted by Gasteiger charge is 2.49. The topological polar surface area (TPSA) is 75.9 Å². The van der Waals surface area contributed by atoms with Crippen molar-refractivity contribution < 1.29 is 22.0 Å². The van der Waals surface area contributed by atoms with E-state index >= 15 is 0 Å². The van der Waals surface area contributed by atoms with Gasteiger partial charge in [-0.25, -0.2) is 15.0 Å². The maximum atomic E-state index is 13.1. The van der Waals surface area contributed by atoms with Crippen molar-refractivity contribution in [2.45, 2.75) is 26.1 Å². The largest absolute Gasteiger partial charge is 0.433 e. The van der Waals surface area contributed by atoms with Gasteiger partial charge < -0.3 is 9.80 Å². The number of hydrogen-bond donors (Lipinski definition) is 0. The van der Waals surface area contributed by atoms with Crippen LogP contribution in [0, 0.1) is 12.3 Å². The Balaban J connectivity index is 1.32. The minimum atomic E-state index is -4.53. The van der Waals surface area contributed by atoms with E-state index in [9.17, 15) is 22.0 Å². The molecule has 3 aromatic heterocycles. The molecule has 0 saturated carbocycles. The van der Waals surface area contributed by atoms with Crippen LogP contribution in [0.15, 0.2) is 18.5 Å². The predicted molar refractivity (Wildman–Crippen MR) is 99.8 cm³/mol. The number of hydrogen-bond acceptors (Lipinski definition) is 7. The number of nitrogens with zero attached hydrogens (tertiary/aromatic N) is 8. The van der Waals surface area contributed by atoms with Crippen molar-refractivity contribution in [1.82, 2.24) is 29.7 Å². The highest BCUT2D eigenvalue weighted by molar-refractivity contribution is 5.74. The Morgan fingerprint density at radius 1 is 1.03 bits per heavy atom. The van der Waals surface area contributed by atoms with Crippen LogP contribution in [-0.4, -0.2) is 55.9 Å². The molecule has 0 aliphatic carbocycles. The fourth-order valence-corrected chi connectivity index (χ4v) is 4.27. The molecular weight excluding hydrogens is 423 g/mol. The molecule has 0 atom stereocenters. The van der Waals surface area contributed by atoms with E-state index in [0.29, 0.717) is 42.2 Å². The van der Waals surface area contributed by atoms with Crippen molar-refractivity contribution in [2.24, 2.45) is 5.41 Å². The average Bonchev–Trinajstić information content (AvgIpc) is 3.30. The lowest BCUT2D eigenvalue weighted by Crippen LogP contribution is -2.58.